The number of nitrogens with zero attached hydrogens (tertiary/aromatic N) is 2. The Kier molecular flexibility index (Phi) is 4.55. The van der Waals surface area contributed by atoms with E-state index in [1.165, 1.54) is 12.1 Å². The van der Waals surface area contributed by atoms with Gasteiger partial charge in [0.05, 0.1) is 27.4 Å². The lowest BCUT2D eigenvalue weighted by molar-refractivity contribution is -0.384. The summed E-state index contributed by atoms with van der Waals surface area (Å²) in [6, 6.07) is 20.7. The van der Waals surface area contributed by atoms with E-state index in [4.69, 9.17) is 11.6 Å². The second-order valence-corrected chi connectivity index (χ2v) is 6.57. The zero-order chi connectivity index (χ0) is 19.7. The molecule has 28 heavy (non-hydrogen) atoms. The molecular formula is C21H14ClN3O3. The minimum absolute atomic E-state index is 0.00945. The largest absolute Gasteiger partial charge is 0.494 e. The van der Waals surface area contributed by atoms with Gasteiger partial charge in [-0.1, -0.05) is 48.0 Å². The molecule has 4 rings (SSSR count). The number of hydrogen-bond donors (Lipinski definition) is 2. The van der Waals surface area contributed by atoms with Crippen LogP contribution in [0.2, 0.25) is 5.02 Å². The molecular weight excluding hydrogens is 378 g/mol. The van der Waals surface area contributed by atoms with Gasteiger partial charge in [0.1, 0.15) is 0 Å². The first-order valence-corrected chi connectivity index (χ1v) is 8.80. The van der Waals surface area contributed by atoms with E-state index in [0.717, 1.165) is 10.9 Å². The van der Waals surface area contributed by atoms with Crippen LogP contribution in [0.1, 0.15) is 11.1 Å². The summed E-state index contributed by atoms with van der Waals surface area (Å²) in [5, 5.41) is 22.8. The Hall–Kier alpha value is -3.64. The number of benzene rings is 3. The predicted octanol–water partition coefficient (Wildman–Crippen LogP) is 5.60. The van der Waals surface area contributed by atoms with Crippen LogP contribution < -0.4 is 0 Å². The molecule has 2 N–H and O–H groups in total. The molecule has 0 radical (unpaired) electrons. The molecule has 0 aliphatic rings. The number of non-ortho nitro benzene ring substituents is 1. The number of rotatable bonds is 4. The van der Waals surface area contributed by atoms with E-state index < -0.39 is 4.92 Å². The first-order chi connectivity index (χ1) is 13.5. The summed E-state index contributed by atoms with van der Waals surface area (Å²) in [6.07, 6.45) is 0. The highest BCUT2D eigenvalue weighted by molar-refractivity contribution is 6.31. The Labute approximate surface area is 164 Å². The van der Waals surface area contributed by atoms with Gasteiger partial charge < -0.3 is 10.1 Å². The third-order valence-corrected chi connectivity index (χ3v) is 4.56. The van der Waals surface area contributed by atoms with Gasteiger partial charge in [-0.2, -0.15) is 0 Å². The van der Waals surface area contributed by atoms with Gasteiger partial charge in [-0.25, -0.2) is 4.99 Å². The smallest absolute Gasteiger partial charge is 0.269 e. The van der Waals surface area contributed by atoms with Crippen LogP contribution in [-0.4, -0.2) is 20.7 Å². The molecule has 0 fully saturated rings. The molecule has 4 aromatic rings. The fourth-order valence-corrected chi connectivity index (χ4v) is 3.21. The SMILES string of the molecule is O=[N+]([O-])c1ccc(N=C(c2ccccc2)c2c(O)[nH]c3cc(Cl)ccc23)cc1. The van der Waals surface area contributed by atoms with E-state index in [0.29, 0.717) is 27.5 Å². The number of aromatic amines is 1. The normalized spacial score (nSPS) is 11.7. The van der Waals surface area contributed by atoms with E-state index >= 15 is 0 Å². The number of halogens is 1. The summed E-state index contributed by atoms with van der Waals surface area (Å²) in [4.78, 5) is 18.0. The van der Waals surface area contributed by atoms with E-state index in [-0.39, 0.29) is 11.6 Å². The van der Waals surface area contributed by atoms with Crippen molar-refractivity contribution in [2.45, 2.75) is 0 Å². The Bertz CT molecular complexity index is 1200. The summed E-state index contributed by atoms with van der Waals surface area (Å²) in [6.45, 7) is 0. The second-order valence-electron chi connectivity index (χ2n) is 6.14. The number of nitro benzene ring substituents is 1. The average molecular weight is 392 g/mol. The van der Waals surface area contributed by atoms with Gasteiger partial charge in [0.2, 0.25) is 0 Å². The van der Waals surface area contributed by atoms with E-state index in [1.54, 1.807) is 24.3 Å². The molecule has 0 saturated carbocycles. The van der Waals surface area contributed by atoms with Gasteiger partial charge in [0.25, 0.3) is 5.69 Å². The van der Waals surface area contributed by atoms with Crippen LogP contribution in [-0.2, 0) is 0 Å². The van der Waals surface area contributed by atoms with Gasteiger partial charge in [0.15, 0.2) is 5.88 Å². The number of fused-ring (bicyclic) bond motifs is 1. The first kappa shape index (κ1) is 17.8. The highest BCUT2D eigenvalue weighted by Crippen LogP contribution is 2.33. The van der Waals surface area contributed by atoms with Crippen molar-refractivity contribution in [2.75, 3.05) is 0 Å². The van der Waals surface area contributed by atoms with Gasteiger partial charge in [-0.15, -0.1) is 0 Å². The number of aromatic nitrogens is 1. The number of nitro groups is 1. The molecule has 7 heteroatoms. The highest BCUT2D eigenvalue weighted by atomic mass is 35.5. The van der Waals surface area contributed by atoms with Crippen molar-refractivity contribution in [3.05, 3.63) is 99.1 Å². The number of aliphatic imine (C=N–C) groups is 1. The minimum Gasteiger partial charge on any atom is -0.494 e. The van der Waals surface area contributed by atoms with Crippen LogP contribution in [0.5, 0.6) is 5.88 Å². The molecule has 0 amide bonds. The van der Waals surface area contributed by atoms with Crippen LogP contribution in [0.3, 0.4) is 0 Å². The maximum Gasteiger partial charge on any atom is 0.269 e. The van der Waals surface area contributed by atoms with Crippen molar-refractivity contribution in [1.29, 1.82) is 0 Å². The molecule has 0 saturated heterocycles. The zero-order valence-electron chi connectivity index (χ0n) is 14.5. The van der Waals surface area contributed by atoms with Gasteiger partial charge in [-0.05, 0) is 24.3 Å². The summed E-state index contributed by atoms with van der Waals surface area (Å²) in [7, 11) is 0. The van der Waals surface area contributed by atoms with Crippen molar-refractivity contribution >= 4 is 39.6 Å². The average Bonchev–Trinajstić information content (AvgIpc) is 3.01. The molecule has 0 spiro atoms. The first-order valence-electron chi connectivity index (χ1n) is 8.42. The molecule has 1 aromatic heterocycles. The zero-order valence-corrected chi connectivity index (χ0v) is 15.2. The van der Waals surface area contributed by atoms with Crippen molar-refractivity contribution in [3.8, 4) is 5.88 Å². The Morgan fingerprint density at radius 1 is 1.04 bits per heavy atom. The van der Waals surface area contributed by atoms with E-state index in [9.17, 15) is 15.2 Å². The molecule has 138 valence electrons. The van der Waals surface area contributed by atoms with Crippen LogP contribution in [0.15, 0.2) is 77.8 Å². The minimum atomic E-state index is -0.458. The third kappa shape index (κ3) is 3.33. The molecule has 0 bridgehead atoms. The lowest BCUT2D eigenvalue weighted by Crippen LogP contribution is -2.02. The van der Waals surface area contributed by atoms with Gasteiger partial charge >= 0.3 is 0 Å². The maximum absolute atomic E-state index is 10.9. The quantitative estimate of drug-likeness (QED) is 0.269. The highest BCUT2D eigenvalue weighted by Gasteiger charge is 2.19. The summed E-state index contributed by atoms with van der Waals surface area (Å²) < 4.78 is 0. The van der Waals surface area contributed by atoms with E-state index in [1.807, 2.05) is 36.4 Å². The standard InChI is InChI=1S/C21H14ClN3O3/c22-14-6-11-17-18(12-14)24-21(26)19(17)20(13-4-2-1-3-5-13)23-15-7-9-16(10-8-15)25(27)28/h1-12,24,26H. The van der Waals surface area contributed by atoms with Crippen LogP contribution >= 0.6 is 11.6 Å². The molecule has 3 aromatic carbocycles. The molecule has 6 nitrogen and oxygen atoms in total. The van der Waals surface area contributed by atoms with Crippen molar-refractivity contribution in [3.63, 3.8) is 0 Å². The van der Waals surface area contributed by atoms with Crippen LogP contribution in [0.4, 0.5) is 11.4 Å². The van der Waals surface area contributed by atoms with Gasteiger partial charge in [0, 0.05) is 28.1 Å². The second kappa shape index (κ2) is 7.17. The summed E-state index contributed by atoms with van der Waals surface area (Å²) in [5.74, 6) is -0.0261. The van der Waals surface area contributed by atoms with Crippen molar-refractivity contribution in [2.24, 2.45) is 4.99 Å². The maximum atomic E-state index is 10.9. The number of hydrogen-bond acceptors (Lipinski definition) is 4. The number of nitrogens with one attached hydrogen (secondary N) is 1. The van der Waals surface area contributed by atoms with Crippen LogP contribution in [0, 0.1) is 10.1 Å². The Morgan fingerprint density at radius 3 is 2.43 bits per heavy atom. The Morgan fingerprint density at radius 2 is 1.75 bits per heavy atom. The predicted molar refractivity (Wildman–Crippen MR) is 110 cm³/mol. The summed E-state index contributed by atoms with van der Waals surface area (Å²) in [5.41, 5.74) is 3.09. The van der Waals surface area contributed by atoms with Crippen molar-refractivity contribution < 1.29 is 10.0 Å². The lowest BCUT2D eigenvalue weighted by Gasteiger charge is -2.08. The molecule has 0 atom stereocenters. The summed E-state index contributed by atoms with van der Waals surface area (Å²) >= 11 is 6.06. The fourth-order valence-electron chi connectivity index (χ4n) is 3.03. The molecule has 0 aliphatic heterocycles. The molecule has 0 unspecified atom stereocenters. The topological polar surface area (TPSA) is 91.5 Å². The van der Waals surface area contributed by atoms with Crippen molar-refractivity contribution in [1.82, 2.24) is 4.98 Å². The number of H-pyrrole nitrogens is 1. The monoisotopic (exact) mass is 391 g/mol. The lowest BCUT2D eigenvalue weighted by atomic mass is 10.0. The fraction of sp³-hybridized carbons (Fsp3) is 0. The van der Waals surface area contributed by atoms with Gasteiger partial charge in [-0.3, -0.25) is 10.1 Å². The van der Waals surface area contributed by atoms with E-state index in [2.05, 4.69) is 9.98 Å². The Balaban J connectivity index is 1.93. The number of aromatic hydroxyl groups is 1. The third-order valence-electron chi connectivity index (χ3n) is 4.33. The van der Waals surface area contributed by atoms with Crippen LogP contribution in [0.25, 0.3) is 10.9 Å². The molecule has 1 heterocycles. The molecule has 0 aliphatic carbocycles.